The molecule has 5 heteroatoms. The Hall–Kier alpha value is -1.63. The van der Waals surface area contributed by atoms with Gasteiger partial charge >= 0.3 is 0 Å². The van der Waals surface area contributed by atoms with Gasteiger partial charge < -0.3 is 10.2 Å². The number of carbonyl (C=O) groups is 1. The number of halogens is 1. The average molecular weight is 421 g/mol. The molecule has 120 valence electrons. The number of pyridine rings is 1. The summed E-state index contributed by atoms with van der Waals surface area (Å²) in [7, 11) is 0. The first kappa shape index (κ1) is 16.2. The van der Waals surface area contributed by atoms with Gasteiger partial charge in [-0.25, -0.2) is 0 Å². The molecule has 0 bridgehead atoms. The molecule has 1 aliphatic heterocycles. The SMILES string of the molecule is O=C(NCC1CCN(c2cccnc2)CC1)c1ccccc1I. The number of piperidine rings is 1. The van der Waals surface area contributed by atoms with E-state index in [9.17, 15) is 4.79 Å². The van der Waals surface area contributed by atoms with Crippen LogP contribution in [0.5, 0.6) is 0 Å². The molecular formula is C18H20IN3O. The maximum absolute atomic E-state index is 12.3. The number of nitrogens with one attached hydrogen (secondary N) is 1. The highest BCUT2D eigenvalue weighted by atomic mass is 127. The average Bonchev–Trinajstić information content (AvgIpc) is 2.61. The normalized spacial score (nSPS) is 15.4. The minimum atomic E-state index is 0.0321. The number of hydrogen-bond donors (Lipinski definition) is 1. The largest absolute Gasteiger partial charge is 0.370 e. The molecule has 1 aromatic carbocycles. The highest BCUT2D eigenvalue weighted by Gasteiger charge is 2.20. The first-order valence-corrected chi connectivity index (χ1v) is 8.99. The summed E-state index contributed by atoms with van der Waals surface area (Å²) >= 11 is 2.21. The molecule has 1 saturated heterocycles. The van der Waals surface area contributed by atoms with E-state index in [-0.39, 0.29) is 5.91 Å². The Kier molecular flexibility index (Phi) is 5.48. The number of hydrogen-bond acceptors (Lipinski definition) is 3. The van der Waals surface area contributed by atoms with Gasteiger partial charge in [0, 0.05) is 29.4 Å². The quantitative estimate of drug-likeness (QED) is 0.771. The van der Waals surface area contributed by atoms with Crippen molar-refractivity contribution in [1.29, 1.82) is 0 Å². The lowest BCUT2D eigenvalue weighted by molar-refractivity contribution is 0.0944. The second kappa shape index (κ2) is 7.77. The predicted molar refractivity (Wildman–Crippen MR) is 101 cm³/mol. The van der Waals surface area contributed by atoms with Crippen molar-refractivity contribution >= 4 is 34.2 Å². The Bertz CT molecular complexity index is 654. The molecule has 4 nitrogen and oxygen atoms in total. The van der Waals surface area contributed by atoms with Gasteiger partial charge in [-0.3, -0.25) is 9.78 Å². The monoisotopic (exact) mass is 421 g/mol. The van der Waals surface area contributed by atoms with Crippen LogP contribution in [0.1, 0.15) is 23.2 Å². The van der Waals surface area contributed by atoms with Crippen molar-refractivity contribution in [3.63, 3.8) is 0 Å². The molecule has 0 saturated carbocycles. The van der Waals surface area contributed by atoms with Crippen LogP contribution in [0.4, 0.5) is 5.69 Å². The number of rotatable bonds is 4. The van der Waals surface area contributed by atoms with E-state index in [1.54, 1.807) is 6.20 Å². The summed E-state index contributed by atoms with van der Waals surface area (Å²) in [6.45, 7) is 2.80. The van der Waals surface area contributed by atoms with Gasteiger partial charge in [0.05, 0.1) is 17.4 Å². The summed E-state index contributed by atoms with van der Waals surface area (Å²) in [5, 5.41) is 3.09. The van der Waals surface area contributed by atoms with Crippen molar-refractivity contribution in [2.24, 2.45) is 5.92 Å². The molecule has 3 rings (SSSR count). The topological polar surface area (TPSA) is 45.2 Å². The van der Waals surface area contributed by atoms with E-state index in [4.69, 9.17) is 0 Å². The smallest absolute Gasteiger partial charge is 0.252 e. The van der Waals surface area contributed by atoms with Crippen molar-refractivity contribution in [3.05, 3.63) is 57.9 Å². The second-order valence-electron chi connectivity index (χ2n) is 5.83. The number of carbonyl (C=O) groups excluding carboxylic acids is 1. The van der Waals surface area contributed by atoms with Crippen molar-refractivity contribution in [3.8, 4) is 0 Å². The molecule has 0 spiro atoms. The molecule has 23 heavy (non-hydrogen) atoms. The van der Waals surface area contributed by atoms with Crippen LogP contribution in [0.25, 0.3) is 0 Å². The van der Waals surface area contributed by atoms with Crippen LogP contribution >= 0.6 is 22.6 Å². The zero-order valence-electron chi connectivity index (χ0n) is 12.9. The van der Waals surface area contributed by atoms with Crippen LogP contribution in [0, 0.1) is 9.49 Å². The minimum Gasteiger partial charge on any atom is -0.370 e. The number of amides is 1. The standard InChI is InChI=1S/C18H20IN3O/c19-17-6-2-1-5-16(17)18(23)21-12-14-7-10-22(11-8-14)15-4-3-9-20-13-15/h1-6,9,13-14H,7-8,10-12H2,(H,21,23). The van der Waals surface area contributed by atoms with Crippen molar-refractivity contribution in [2.45, 2.75) is 12.8 Å². The third kappa shape index (κ3) is 4.22. The number of aromatic nitrogens is 1. The molecule has 0 atom stereocenters. The van der Waals surface area contributed by atoms with Crippen molar-refractivity contribution < 1.29 is 4.79 Å². The van der Waals surface area contributed by atoms with E-state index in [2.05, 4.69) is 43.9 Å². The van der Waals surface area contributed by atoms with Crippen LogP contribution in [-0.2, 0) is 0 Å². The Balaban J connectivity index is 1.48. The third-order valence-electron chi connectivity index (χ3n) is 4.30. The summed E-state index contributed by atoms with van der Waals surface area (Å²) in [4.78, 5) is 18.8. The zero-order chi connectivity index (χ0) is 16.1. The van der Waals surface area contributed by atoms with Crippen molar-refractivity contribution in [1.82, 2.24) is 10.3 Å². The molecule has 0 radical (unpaired) electrons. The van der Waals surface area contributed by atoms with Gasteiger partial charge in [-0.05, 0) is 65.6 Å². The Labute approximate surface area is 150 Å². The lowest BCUT2D eigenvalue weighted by Gasteiger charge is -2.33. The van der Waals surface area contributed by atoms with E-state index in [0.717, 1.165) is 41.6 Å². The summed E-state index contributed by atoms with van der Waals surface area (Å²) in [6.07, 6.45) is 5.91. The summed E-state index contributed by atoms with van der Waals surface area (Å²) in [5.74, 6) is 0.581. The van der Waals surface area contributed by atoms with Gasteiger partial charge in [0.2, 0.25) is 0 Å². The van der Waals surface area contributed by atoms with Crippen molar-refractivity contribution in [2.75, 3.05) is 24.5 Å². The summed E-state index contributed by atoms with van der Waals surface area (Å²) in [5.41, 5.74) is 1.95. The Morgan fingerprint density at radius 1 is 1.22 bits per heavy atom. The molecule has 2 aromatic rings. The van der Waals surface area contributed by atoms with Gasteiger partial charge in [0.15, 0.2) is 0 Å². The molecule has 1 aromatic heterocycles. The van der Waals surface area contributed by atoms with Crippen LogP contribution in [0.15, 0.2) is 48.8 Å². The predicted octanol–water partition coefficient (Wildman–Crippen LogP) is 3.33. The first-order chi connectivity index (χ1) is 11.2. The fourth-order valence-corrected chi connectivity index (χ4v) is 3.55. The second-order valence-corrected chi connectivity index (χ2v) is 6.99. The lowest BCUT2D eigenvalue weighted by atomic mass is 9.96. The highest BCUT2D eigenvalue weighted by Crippen LogP contribution is 2.22. The number of anilines is 1. The van der Waals surface area contributed by atoms with E-state index in [0.29, 0.717) is 5.92 Å². The van der Waals surface area contributed by atoms with Gasteiger partial charge in [-0.2, -0.15) is 0 Å². The van der Waals surface area contributed by atoms with Gasteiger partial charge in [-0.1, -0.05) is 12.1 Å². The Morgan fingerprint density at radius 3 is 2.70 bits per heavy atom. The number of nitrogens with zero attached hydrogens (tertiary/aromatic N) is 2. The summed E-state index contributed by atoms with van der Waals surface area (Å²) < 4.78 is 0.994. The minimum absolute atomic E-state index is 0.0321. The zero-order valence-corrected chi connectivity index (χ0v) is 15.1. The molecule has 1 aliphatic rings. The fraction of sp³-hybridized carbons (Fsp3) is 0.333. The molecule has 1 fully saturated rings. The fourth-order valence-electron chi connectivity index (χ4n) is 2.91. The molecule has 1 amide bonds. The van der Waals surface area contributed by atoms with E-state index in [1.165, 1.54) is 5.69 Å². The van der Waals surface area contributed by atoms with E-state index < -0.39 is 0 Å². The van der Waals surface area contributed by atoms with Crippen LogP contribution < -0.4 is 10.2 Å². The molecule has 0 aliphatic carbocycles. The highest BCUT2D eigenvalue weighted by molar-refractivity contribution is 14.1. The van der Waals surface area contributed by atoms with Crippen LogP contribution in [0.2, 0.25) is 0 Å². The van der Waals surface area contributed by atoms with Gasteiger partial charge in [0.25, 0.3) is 5.91 Å². The van der Waals surface area contributed by atoms with Crippen LogP contribution in [0.3, 0.4) is 0 Å². The number of benzene rings is 1. The molecule has 1 N–H and O–H groups in total. The van der Waals surface area contributed by atoms with Crippen LogP contribution in [-0.4, -0.2) is 30.5 Å². The summed E-state index contributed by atoms with van der Waals surface area (Å²) in [6, 6.07) is 11.8. The Morgan fingerprint density at radius 2 is 2.00 bits per heavy atom. The van der Waals surface area contributed by atoms with Gasteiger partial charge in [-0.15, -0.1) is 0 Å². The first-order valence-electron chi connectivity index (χ1n) is 7.92. The maximum atomic E-state index is 12.3. The molecule has 0 unspecified atom stereocenters. The van der Waals surface area contributed by atoms with E-state index >= 15 is 0 Å². The third-order valence-corrected chi connectivity index (χ3v) is 5.24. The maximum Gasteiger partial charge on any atom is 0.252 e. The molecular weight excluding hydrogens is 401 g/mol. The lowest BCUT2D eigenvalue weighted by Crippen LogP contribution is -2.38. The van der Waals surface area contributed by atoms with E-state index in [1.807, 2.05) is 36.5 Å². The molecule has 2 heterocycles. The van der Waals surface area contributed by atoms with Gasteiger partial charge in [0.1, 0.15) is 0 Å².